The van der Waals surface area contributed by atoms with Crippen LogP contribution in [0.3, 0.4) is 0 Å². The molecule has 1 aliphatic heterocycles. The smallest absolute Gasteiger partial charge is 0.164 e. The molecule has 21 heavy (non-hydrogen) atoms. The van der Waals surface area contributed by atoms with Crippen molar-refractivity contribution in [2.45, 2.75) is 12.5 Å². The van der Waals surface area contributed by atoms with Crippen LogP contribution in [0.2, 0.25) is 0 Å². The summed E-state index contributed by atoms with van der Waals surface area (Å²) < 4.78 is 12.3. The molecule has 0 fully saturated rings. The highest BCUT2D eigenvalue weighted by Crippen LogP contribution is 2.40. The van der Waals surface area contributed by atoms with Crippen molar-refractivity contribution >= 4 is 22.6 Å². The third kappa shape index (κ3) is 2.62. The van der Waals surface area contributed by atoms with Crippen LogP contribution >= 0.6 is 22.6 Å². The summed E-state index contributed by atoms with van der Waals surface area (Å²) in [7, 11) is 3.39. The van der Waals surface area contributed by atoms with Crippen molar-refractivity contribution in [3.63, 3.8) is 0 Å². The highest BCUT2D eigenvalue weighted by Gasteiger charge is 2.26. The van der Waals surface area contributed by atoms with Crippen LogP contribution in [-0.2, 0) is 6.42 Å². The molecule has 3 nitrogen and oxygen atoms in total. The Morgan fingerprint density at radius 2 is 1.86 bits per heavy atom. The van der Waals surface area contributed by atoms with Crippen LogP contribution in [0.25, 0.3) is 0 Å². The van der Waals surface area contributed by atoms with E-state index < -0.39 is 0 Å². The van der Waals surface area contributed by atoms with E-state index in [0.29, 0.717) is 0 Å². The quantitative estimate of drug-likeness (QED) is 0.807. The van der Waals surface area contributed by atoms with Crippen molar-refractivity contribution in [1.82, 2.24) is 5.32 Å². The van der Waals surface area contributed by atoms with Gasteiger partial charge in [-0.3, -0.25) is 0 Å². The summed E-state index contributed by atoms with van der Waals surface area (Å²) in [5.74, 6) is 1.67. The number of fused-ring (bicyclic) bond motifs is 1. The third-order valence-corrected chi connectivity index (χ3v) is 4.92. The number of benzene rings is 2. The van der Waals surface area contributed by atoms with Crippen LogP contribution in [0.1, 0.15) is 22.7 Å². The Hall–Kier alpha value is -1.27. The SMILES string of the molecule is COc1ccc2c(c1OC)CCNC2c1ccccc1I. The van der Waals surface area contributed by atoms with Crippen LogP contribution < -0.4 is 14.8 Å². The van der Waals surface area contributed by atoms with E-state index >= 15 is 0 Å². The van der Waals surface area contributed by atoms with Crippen LogP contribution in [0.15, 0.2) is 36.4 Å². The van der Waals surface area contributed by atoms with E-state index in [1.54, 1.807) is 14.2 Å². The Balaban J connectivity index is 2.13. The zero-order chi connectivity index (χ0) is 14.8. The van der Waals surface area contributed by atoms with Crippen LogP contribution in [0.5, 0.6) is 11.5 Å². The van der Waals surface area contributed by atoms with E-state index in [1.807, 2.05) is 6.07 Å². The summed E-state index contributed by atoms with van der Waals surface area (Å²) in [6.07, 6.45) is 0.954. The number of methoxy groups -OCH3 is 2. The minimum atomic E-state index is 0.210. The maximum Gasteiger partial charge on any atom is 0.164 e. The maximum absolute atomic E-state index is 5.59. The first-order chi connectivity index (χ1) is 10.3. The molecule has 1 aliphatic rings. The molecule has 2 aromatic rings. The van der Waals surface area contributed by atoms with Gasteiger partial charge in [-0.15, -0.1) is 0 Å². The summed E-state index contributed by atoms with van der Waals surface area (Å²) in [4.78, 5) is 0. The number of rotatable bonds is 3. The fourth-order valence-corrected chi connectivity index (χ4v) is 3.67. The highest BCUT2D eigenvalue weighted by molar-refractivity contribution is 14.1. The van der Waals surface area contributed by atoms with Crippen molar-refractivity contribution in [3.8, 4) is 11.5 Å². The van der Waals surface area contributed by atoms with Gasteiger partial charge in [0.15, 0.2) is 11.5 Å². The zero-order valence-electron chi connectivity index (χ0n) is 12.2. The lowest BCUT2D eigenvalue weighted by Crippen LogP contribution is -2.31. The molecule has 1 unspecified atom stereocenters. The lowest BCUT2D eigenvalue weighted by atomic mass is 9.89. The van der Waals surface area contributed by atoms with E-state index in [1.165, 1.54) is 20.3 Å². The second-order valence-corrected chi connectivity index (χ2v) is 6.19. The first-order valence-corrected chi connectivity index (χ1v) is 8.05. The Bertz CT molecular complexity index is 657. The predicted molar refractivity (Wildman–Crippen MR) is 92.3 cm³/mol. The predicted octanol–water partition coefficient (Wildman–Crippen LogP) is 3.54. The molecule has 0 aliphatic carbocycles. The van der Waals surface area contributed by atoms with Gasteiger partial charge in [-0.1, -0.05) is 24.3 Å². The molecule has 0 saturated carbocycles. The summed E-state index contributed by atoms with van der Waals surface area (Å²) in [6, 6.07) is 12.8. The topological polar surface area (TPSA) is 30.5 Å². The molecular formula is C17H18INO2. The first-order valence-electron chi connectivity index (χ1n) is 6.97. The van der Waals surface area contributed by atoms with Crippen molar-refractivity contribution in [1.29, 1.82) is 0 Å². The molecule has 110 valence electrons. The lowest BCUT2D eigenvalue weighted by molar-refractivity contribution is 0.348. The van der Waals surface area contributed by atoms with Gasteiger partial charge < -0.3 is 14.8 Å². The lowest BCUT2D eigenvalue weighted by Gasteiger charge is -2.29. The van der Waals surface area contributed by atoms with Crippen molar-refractivity contribution < 1.29 is 9.47 Å². The Morgan fingerprint density at radius 1 is 1.05 bits per heavy atom. The molecule has 1 heterocycles. The Labute approximate surface area is 138 Å². The molecule has 0 bridgehead atoms. The maximum atomic E-state index is 5.59. The molecular weight excluding hydrogens is 377 g/mol. The monoisotopic (exact) mass is 395 g/mol. The van der Waals surface area contributed by atoms with E-state index in [4.69, 9.17) is 9.47 Å². The molecule has 4 heteroatoms. The molecule has 0 radical (unpaired) electrons. The highest BCUT2D eigenvalue weighted by atomic mass is 127. The molecule has 1 atom stereocenters. The first kappa shape index (κ1) is 14.7. The second-order valence-electron chi connectivity index (χ2n) is 5.03. The van der Waals surface area contributed by atoms with Gasteiger partial charge in [0.05, 0.1) is 20.3 Å². The number of ether oxygens (including phenoxy) is 2. The summed E-state index contributed by atoms with van der Waals surface area (Å²) >= 11 is 2.40. The Morgan fingerprint density at radius 3 is 2.57 bits per heavy atom. The van der Waals surface area contributed by atoms with E-state index in [-0.39, 0.29) is 6.04 Å². The largest absolute Gasteiger partial charge is 0.493 e. The van der Waals surface area contributed by atoms with Crippen LogP contribution in [0, 0.1) is 3.57 Å². The summed E-state index contributed by atoms with van der Waals surface area (Å²) in [6.45, 7) is 0.937. The standard InChI is InChI=1S/C17H18INO2/c1-20-15-8-7-11-12(17(15)21-2)9-10-19-16(11)13-5-3-4-6-14(13)18/h3-8,16,19H,9-10H2,1-2H3. The van der Waals surface area contributed by atoms with E-state index in [2.05, 4.69) is 58.2 Å². The number of hydrogen-bond donors (Lipinski definition) is 1. The van der Waals surface area contributed by atoms with Gasteiger partial charge in [0.2, 0.25) is 0 Å². The molecule has 0 saturated heterocycles. The van der Waals surface area contributed by atoms with Gasteiger partial charge in [0.25, 0.3) is 0 Å². The van der Waals surface area contributed by atoms with Crippen molar-refractivity contribution in [3.05, 3.63) is 56.7 Å². The second kappa shape index (κ2) is 6.23. The van der Waals surface area contributed by atoms with Crippen LogP contribution in [0.4, 0.5) is 0 Å². The third-order valence-electron chi connectivity index (χ3n) is 3.94. The van der Waals surface area contributed by atoms with Crippen LogP contribution in [-0.4, -0.2) is 20.8 Å². The molecule has 3 rings (SSSR count). The van der Waals surface area contributed by atoms with Gasteiger partial charge in [-0.05, 0) is 52.3 Å². The number of halogens is 1. The number of nitrogens with one attached hydrogen (secondary N) is 1. The van der Waals surface area contributed by atoms with Gasteiger partial charge in [-0.25, -0.2) is 0 Å². The minimum Gasteiger partial charge on any atom is -0.493 e. The van der Waals surface area contributed by atoms with E-state index in [9.17, 15) is 0 Å². The van der Waals surface area contributed by atoms with Crippen molar-refractivity contribution in [2.24, 2.45) is 0 Å². The summed E-state index contributed by atoms with van der Waals surface area (Å²) in [5.41, 5.74) is 3.84. The average Bonchev–Trinajstić information content (AvgIpc) is 2.53. The number of hydrogen-bond acceptors (Lipinski definition) is 3. The van der Waals surface area contributed by atoms with E-state index in [0.717, 1.165) is 24.5 Å². The van der Waals surface area contributed by atoms with Gasteiger partial charge in [-0.2, -0.15) is 0 Å². The normalized spacial score (nSPS) is 17.2. The fraction of sp³-hybridized carbons (Fsp3) is 0.294. The average molecular weight is 395 g/mol. The van der Waals surface area contributed by atoms with Gasteiger partial charge in [0.1, 0.15) is 0 Å². The van der Waals surface area contributed by atoms with Gasteiger partial charge >= 0.3 is 0 Å². The minimum absolute atomic E-state index is 0.210. The molecule has 0 aromatic heterocycles. The fourth-order valence-electron chi connectivity index (χ4n) is 2.97. The van der Waals surface area contributed by atoms with Gasteiger partial charge in [0, 0.05) is 15.7 Å². The van der Waals surface area contributed by atoms with Crippen molar-refractivity contribution in [2.75, 3.05) is 20.8 Å². The summed E-state index contributed by atoms with van der Waals surface area (Å²) in [5, 5.41) is 3.62. The molecule has 0 spiro atoms. The zero-order valence-corrected chi connectivity index (χ0v) is 14.3. The molecule has 0 amide bonds. The molecule has 1 N–H and O–H groups in total. The Kier molecular flexibility index (Phi) is 4.35. The molecule has 2 aromatic carbocycles.